The van der Waals surface area contributed by atoms with Crippen LogP contribution < -0.4 is 0 Å². The molecule has 1 aliphatic rings. The third-order valence-corrected chi connectivity index (χ3v) is 3.17. The number of carbonyl (C=O) groups excluding carboxylic acids is 1. The number of amides is 1. The number of carboxylic acids is 1. The van der Waals surface area contributed by atoms with Gasteiger partial charge in [-0.25, -0.2) is 0 Å². The van der Waals surface area contributed by atoms with Gasteiger partial charge in [0.05, 0.1) is 12.2 Å². The number of carbonyl (C=O) groups is 2. The van der Waals surface area contributed by atoms with Crippen molar-refractivity contribution >= 4 is 23.6 Å². The molecule has 0 spiro atoms. The maximum Gasteiger partial charge on any atom is 0.304 e. The van der Waals surface area contributed by atoms with E-state index in [9.17, 15) is 9.59 Å². The van der Waals surface area contributed by atoms with Crippen LogP contribution in [-0.4, -0.2) is 71.5 Å². The van der Waals surface area contributed by atoms with E-state index in [1.807, 2.05) is 11.2 Å². The number of hydrogen-bond donors (Lipinski definition) is 1. The zero-order chi connectivity index (χ0) is 12.0. The topological polar surface area (TPSA) is 60.9 Å². The molecule has 92 valence electrons. The third-order valence-electron chi connectivity index (χ3n) is 2.63. The average Bonchev–Trinajstić information content (AvgIpc) is 2.27. The Morgan fingerprint density at radius 1 is 1.25 bits per heavy atom. The monoisotopic (exact) mass is 246 g/mol. The summed E-state index contributed by atoms with van der Waals surface area (Å²) in [6.07, 6.45) is 2.10. The van der Waals surface area contributed by atoms with Crippen LogP contribution in [-0.2, 0) is 9.59 Å². The number of aliphatic carboxylic acids is 1. The highest BCUT2D eigenvalue weighted by Gasteiger charge is 2.20. The summed E-state index contributed by atoms with van der Waals surface area (Å²) in [5.41, 5.74) is 0. The molecule has 6 heteroatoms. The van der Waals surface area contributed by atoms with Crippen LogP contribution in [0.2, 0.25) is 0 Å². The van der Waals surface area contributed by atoms with E-state index in [0.717, 1.165) is 26.2 Å². The summed E-state index contributed by atoms with van der Waals surface area (Å²) in [5.74, 6) is -0.0407. The van der Waals surface area contributed by atoms with E-state index in [-0.39, 0.29) is 12.3 Å². The Labute approximate surface area is 99.8 Å². The van der Waals surface area contributed by atoms with E-state index < -0.39 is 5.97 Å². The van der Waals surface area contributed by atoms with E-state index >= 15 is 0 Å². The minimum atomic E-state index is -0.763. The van der Waals surface area contributed by atoms with Crippen molar-refractivity contribution in [1.82, 2.24) is 9.80 Å². The Morgan fingerprint density at radius 3 is 2.38 bits per heavy atom. The van der Waals surface area contributed by atoms with Gasteiger partial charge in [0.2, 0.25) is 5.91 Å². The summed E-state index contributed by atoms with van der Waals surface area (Å²) in [4.78, 5) is 25.9. The van der Waals surface area contributed by atoms with Gasteiger partial charge in [0, 0.05) is 32.7 Å². The first-order valence-electron chi connectivity index (χ1n) is 5.34. The molecular weight excluding hydrogens is 228 g/mol. The SMILES string of the molecule is CSCC(=O)N1CCN(CCC(=O)O)CC1. The summed E-state index contributed by atoms with van der Waals surface area (Å²) >= 11 is 1.54. The number of carboxylic acid groups (broad SMARTS) is 1. The van der Waals surface area contributed by atoms with Crippen LogP contribution in [0.25, 0.3) is 0 Å². The molecule has 0 unspecified atom stereocenters. The molecule has 0 aromatic rings. The highest BCUT2D eigenvalue weighted by Crippen LogP contribution is 2.05. The molecule has 1 heterocycles. The number of nitrogens with zero attached hydrogens (tertiary/aromatic N) is 2. The van der Waals surface area contributed by atoms with Crippen molar-refractivity contribution in [3.05, 3.63) is 0 Å². The van der Waals surface area contributed by atoms with Crippen LogP contribution in [0.3, 0.4) is 0 Å². The summed E-state index contributed by atoms with van der Waals surface area (Å²) in [6.45, 7) is 3.60. The lowest BCUT2D eigenvalue weighted by atomic mass is 10.3. The third kappa shape index (κ3) is 4.40. The predicted molar refractivity (Wildman–Crippen MR) is 63.7 cm³/mol. The van der Waals surface area contributed by atoms with Crippen LogP contribution in [0.5, 0.6) is 0 Å². The lowest BCUT2D eigenvalue weighted by Crippen LogP contribution is -2.49. The van der Waals surface area contributed by atoms with Gasteiger partial charge in [-0.15, -0.1) is 0 Å². The lowest BCUT2D eigenvalue weighted by molar-refractivity contribution is -0.138. The maximum atomic E-state index is 11.6. The van der Waals surface area contributed by atoms with Gasteiger partial charge >= 0.3 is 5.97 Å². The molecule has 1 fully saturated rings. The highest BCUT2D eigenvalue weighted by atomic mass is 32.2. The summed E-state index contributed by atoms with van der Waals surface area (Å²) < 4.78 is 0. The Hall–Kier alpha value is -0.750. The smallest absolute Gasteiger partial charge is 0.304 e. The molecular formula is C10H18N2O3S. The van der Waals surface area contributed by atoms with Gasteiger partial charge in [-0.3, -0.25) is 14.5 Å². The molecule has 0 atom stereocenters. The second kappa shape index (κ2) is 6.75. The molecule has 1 saturated heterocycles. The van der Waals surface area contributed by atoms with Crippen molar-refractivity contribution in [2.75, 3.05) is 44.7 Å². The van der Waals surface area contributed by atoms with Gasteiger partial charge < -0.3 is 10.0 Å². The maximum absolute atomic E-state index is 11.6. The summed E-state index contributed by atoms with van der Waals surface area (Å²) in [5, 5.41) is 8.56. The van der Waals surface area contributed by atoms with Crippen LogP contribution in [0, 0.1) is 0 Å². The predicted octanol–water partition coefficient (Wildman–Crippen LogP) is -0.0317. The first-order chi connectivity index (χ1) is 7.63. The van der Waals surface area contributed by atoms with E-state index in [2.05, 4.69) is 4.90 Å². The standard InChI is InChI=1S/C10H18N2O3S/c1-16-8-9(13)12-6-4-11(5-7-12)3-2-10(14)15/h2-8H2,1H3,(H,14,15). The quantitative estimate of drug-likeness (QED) is 0.738. The van der Waals surface area contributed by atoms with Crippen molar-refractivity contribution < 1.29 is 14.7 Å². The van der Waals surface area contributed by atoms with Crippen LogP contribution in [0.1, 0.15) is 6.42 Å². The zero-order valence-corrected chi connectivity index (χ0v) is 10.3. The molecule has 5 nitrogen and oxygen atoms in total. The average molecular weight is 246 g/mol. The summed E-state index contributed by atoms with van der Waals surface area (Å²) in [6, 6.07) is 0. The van der Waals surface area contributed by atoms with Gasteiger partial charge in [-0.05, 0) is 6.26 Å². The molecule has 0 radical (unpaired) electrons. The van der Waals surface area contributed by atoms with E-state index in [0.29, 0.717) is 12.3 Å². The van der Waals surface area contributed by atoms with Crippen molar-refractivity contribution in [3.63, 3.8) is 0 Å². The molecule has 1 rings (SSSR count). The minimum Gasteiger partial charge on any atom is -0.481 e. The number of rotatable bonds is 5. The van der Waals surface area contributed by atoms with Crippen molar-refractivity contribution in [2.24, 2.45) is 0 Å². The van der Waals surface area contributed by atoms with Gasteiger partial charge in [0.25, 0.3) is 0 Å². The second-order valence-electron chi connectivity index (χ2n) is 3.80. The molecule has 0 saturated carbocycles. The molecule has 0 bridgehead atoms. The Morgan fingerprint density at radius 2 is 1.88 bits per heavy atom. The van der Waals surface area contributed by atoms with E-state index in [1.165, 1.54) is 11.8 Å². The van der Waals surface area contributed by atoms with Crippen LogP contribution >= 0.6 is 11.8 Å². The number of thioether (sulfide) groups is 1. The second-order valence-corrected chi connectivity index (χ2v) is 4.67. The van der Waals surface area contributed by atoms with Crippen molar-refractivity contribution in [2.45, 2.75) is 6.42 Å². The number of piperazine rings is 1. The molecule has 1 amide bonds. The fraction of sp³-hybridized carbons (Fsp3) is 0.800. The normalized spacial score (nSPS) is 17.4. The van der Waals surface area contributed by atoms with Gasteiger partial charge in [0.1, 0.15) is 0 Å². The van der Waals surface area contributed by atoms with Crippen LogP contribution in [0.4, 0.5) is 0 Å². The van der Waals surface area contributed by atoms with Gasteiger partial charge in [0.15, 0.2) is 0 Å². The molecule has 0 aliphatic carbocycles. The molecule has 16 heavy (non-hydrogen) atoms. The highest BCUT2D eigenvalue weighted by molar-refractivity contribution is 7.99. The minimum absolute atomic E-state index is 0.179. The zero-order valence-electron chi connectivity index (χ0n) is 9.52. The first kappa shape index (κ1) is 13.3. The van der Waals surface area contributed by atoms with Crippen molar-refractivity contribution in [1.29, 1.82) is 0 Å². The largest absolute Gasteiger partial charge is 0.481 e. The molecule has 1 N–H and O–H groups in total. The summed E-state index contributed by atoms with van der Waals surface area (Å²) in [7, 11) is 0. The fourth-order valence-electron chi connectivity index (χ4n) is 1.69. The Balaban J connectivity index is 2.23. The number of hydrogen-bond acceptors (Lipinski definition) is 4. The van der Waals surface area contributed by atoms with E-state index in [1.54, 1.807) is 0 Å². The van der Waals surface area contributed by atoms with E-state index in [4.69, 9.17) is 5.11 Å². The molecule has 0 aromatic carbocycles. The van der Waals surface area contributed by atoms with Gasteiger partial charge in [-0.2, -0.15) is 11.8 Å². The fourth-order valence-corrected chi connectivity index (χ4v) is 2.12. The molecule has 0 aromatic heterocycles. The lowest BCUT2D eigenvalue weighted by Gasteiger charge is -2.34. The Kier molecular flexibility index (Phi) is 5.62. The molecule has 1 aliphatic heterocycles. The van der Waals surface area contributed by atoms with Gasteiger partial charge in [-0.1, -0.05) is 0 Å². The van der Waals surface area contributed by atoms with Crippen LogP contribution in [0.15, 0.2) is 0 Å². The van der Waals surface area contributed by atoms with Crippen molar-refractivity contribution in [3.8, 4) is 0 Å². The Bertz CT molecular complexity index is 252. The first-order valence-corrected chi connectivity index (χ1v) is 6.73.